The van der Waals surface area contributed by atoms with Crippen LogP contribution < -0.4 is 0 Å². The molecule has 2 N–H and O–H groups in total. The van der Waals surface area contributed by atoms with E-state index in [2.05, 4.69) is 0 Å². The van der Waals surface area contributed by atoms with Crippen molar-refractivity contribution >= 4 is 17.7 Å². The zero-order valence-corrected chi connectivity index (χ0v) is 9.28. The molecule has 0 heterocycles. The minimum absolute atomic E-state index is 0.102. The Morgan fingerprint density at radius 2 is 1.12 bits per heavy atom. The van der Waals surface area contributed by atoms with Crippen LogP contribution in [0.15, 0.2) is 0 Å². The van der Waals surface area contributed by atoms with Gasteiger partial charge < -0.3 is 10.2 Å². The SMILES string of the molecule is O=C(O)CCCCCCCCC(=O)C(=O)O. The standard InChI is InChI=1S/C11H18O5/c12-9(11(15)16)7-5-3-1-2-4-6-8-10(13)14/h1-8H2,(H,13,14)(H,15,16). The van der Waals surface area contributed by atoms with Crippen molar-refractivity contribution < 1.29 is 24.6 Å². The number of hydrogen-bond donors (Lipinski definition) is 2. The van der Waals surface area contributed by atoms with Crippen molar-refractivity contribution in [3.8, 4) is 0 Å². The predicted molar refractivity (Wildman–Crippen MR) is 57.2 cm³/mol. The van der Waals surface area contributed by atoms with Crippen LogP contribution in [0.1, 0.15) is 51.4 Å². The van der Waals surface area contributed by atoms with Crippen LogP contribution in [0.3, 0.4) is 0 Å². The van der Waals surface area contributed by atoms with Crippen molar-refractivity contribution in [1.82, 2.24) is 0 Å². The molecule has 0 aromatic rings. The molecule has 0 unspecified atom stereocenters. The molecule has 0 saturated heterocycles. The first-order chi connectivity index (χ1) is 7.54. The molecule has 16 heavy (non-hydrogen) atoms. The summed E-state index contributed by atoms with van der Waals surface area (Å²) in [4.78, 5) is 31.0. The molecule has 0 fully saturated rings. The maximum Gasteiger partial charge on any atom is 0.372 e. The van der Waals surface area contributed by atoms with Gasteiger partial charge in [-0.2, -0.15) is 0 Å². The summed E-state index contributed by atoms with van der Waals surface area (Å²) in [5.74, 6) is -2.86. The van der Waals surface area contributed by atoms with E-state index in [4.69, 9.17) is 10.2 Å². The molecule has 5 heteroatoms. The molecule has 0 spiro atoms. The van der Waals surface area contributed by atoms with Gasteiger partial charge in [0, 0.05) is 12.8 Å². The predicted octanol–water partition coefficient (Wildman–Crippen LogP) is 1.85. The van der Waals surface area contributed by atoms with E-state index >= 15 is 0 Å². The maximum absolute atomic E-state index is 10.7. The van der Waals surface area contributed by atoms with Crippen LogP contribution >= 0.6 is 0 Å². The summed E-state index contributed by atoms with van der Waals surface area (Å²) in [6, 6.07) is 0. The Morgan fingerprint density at radius 3 is 1.56 bits per heavy atom. The van der Waals surface area contributed by atoms with Gasteiger partial charge in [0.2, 0.25) is 5.78 Å². The lowest BCUT2D eigenvalue weighted by atomic mass is 10.1. The van der Waals surface area contributed by atoms with Gasteiger partial charge in [-0.3, -0.25) is 9.59 Å². The average molecular weight is 230 g/mol. The summed E-state index contributed by atoms with van der Waals surface area (Å²) >= 11 is 0. The Bertz CT molecular complexity index is 247. The van der Waals surface area contributed by atoms with Crippen molar-refractivity contribution in [3.05, 3.63) is 0 Å². The van der Waals surface area contributed by atoms with E-state index < -0.39 is 17.7 Å². The van der Waals surface area contributed by atoms with E-state index in [1.165, 1.54) is 0 Å². The summed E-state index contributed by atoms with van der Waals surface area (Å²) in [6.45, 7) is 0. The number of ketones is 1. The highest BCUT2D eigenvalue weighted by Gasteiger charge is 2.09. The minimum Gasteiger partial charge on any atom is -0.481 e. The normalized spacial score (nSPS) is 10.0. The fourth-order valence-corrected chi connectivity index (χ4v) is 1.38. The van der Waals surface area contributed by atoms with Crippen LogP contribution in [0.2, 0.25) is 0 Å². The molecule has 0 rings (SSSR count). The Balaban J connectivity index is 3.19. The van der Waals surface area contributed by atoms with E-state index in [1.54, 1.807) is 0 Å². The lowest BCUT2D eigenvalue weighted by molar-refractivity contribution is -0.149. The van der Waals surface area contributed by atoms with Gasteiger partial charge in [0.05, 0.1) is 0 Å². The minimum atomic E-state index is -1.36. The molecule has 0 radical (unpaired) electrons. The van der Waals surface area contributed by atoms with Crippen molar-refractivity contribution in [2.75, 3.05) is 0 Å². The highest BCUT2D eigenvalue weighted by molar-refractivity contribution is 6.32. The molecule has 0 saturated carbocycles. The van der Waals surface area contributed by atoms with Gasteiger partial charge in [-0.15, -0.1) is 0 Å². The number of rotatable bonds is 10. The number of Topliss-reactive ketones (excluding diaryl/α,β-unsaturated/α-hetero) is 1. The summed E-state index contributed by atoms with van der Waals surface area (Å²) in [5, 5.41) is 16.7. The zero-order chi connectivity index (χ0) is 12.4. The molecular formula is C11H18O5. The number of aliphatic carboxylic acids is 2. The zero-order valence-electron chi connectivity index (χ0n) is 9.28. The van der Waals surface area contributed by atoms with Crippen LogP contribution in [-0.4, -0.2) is 27.9 Å². The first-order valence-electron chi connectivity index (χ1n) is 5.52. The van der Waals surface area contributed by atoms with Crippen LogP contribution in [0.5, 0.6) is 0 Å². The molecule has 0 bridgehead atoms. The molecule has 0 atom stereocenters. The van der Waals surface area contributed by atoms with Gasteiger partial charge in [-0.05, 0) is 12.8 Å². The third-order valence-corrected chi connectivity index (χ3v) is 2.28. The number of carbonyl (C=O) groups is 3. The summed E-state index contributed by atoms with van der Waals surface area (Å²) in [5.41, 5.74) is 0. The van der Waals surface area contributed by atoms with Crippen LogP contribution in [-0.2, 0) is 14.4 Å². The Hall–Kier alpha value is -1.39. The monoisotopic (exact) mass is 230 g/mol. The maximum atomic E-state index is 10.7. The Kier molecular flexibility index (Phi) is 8.11. The second-order valence-electron chi connectivity index (χ2n) is 3.74. The number of carboxylic acid groups (broad SMARTS) is 2. The van der Waals surface area contributed by atoms with Gasteiger partial charge in [-0.1, -0.05) is 25.7 Å². The second-order valence-corrected chi connectivity index (χ2v) is 3.74. The van der Waals surface area contributed by atoms with Gasteiger partial charge in [0.1, 0.15) is 0 Å². The third kappa shape index (κ3) is 9.18. The highest BCUT2D eigenvalue weighted by Crippen LogP contribution is 2.08. The van der Waals surface area contributed by atoms with Gasteiger partial charge in [0.15, 0.2) is 0 Å². The van der Waals surface area contributed by atoms with E-state index in [9.17, 15) is 14.4 Å². The van der Waals surface area contributed by atoms with Crippen molar-refractivity contribution in [3.63, 3.8) is 0 Å². The molecule has 92 valence electrons. The van der Waals surface area contributed by atoms with Gasteiger partial charge in [0.25, 0.3) is 0 Å². The van der Waals surface area contributed by atoms with E-state index in [0.717, 1.165) is 25.7 Å². The van der Waals surface area contributed by atoms with Crippen LogP contribution in [0.4, 0.5) is 0 Å². The van der Waals surface area contributed by atoms with E-state index in [-0.39, 0.29) is 12.8 Å². The largest absolute Gasteiger partial charge is 0.481 e. The lowest BCUT2D eigenvalue weighted by Gasteiger charge is -1.99. The van der Waals surface area contributed by atoms with Crippen molar-refractivity contribution in [1.29, 1.82) is 0 Å². The highest BCUT2D eigenvalue weighted by atomic mass is 16.4. The number of hydrogen-bond acceptors (Lipinski definition) is 3. The topological polar surface area (TPSA) is 91.7 Å². The van der Waals surface area contributed by atoms with Crippen molar-refractivity contribution in [2.45, 2.75) is 51.4 Å². The molecule has 5 nitrogen and oxygen atoms in total. The van der Waals surface area contributed by atoms with E-state index in [1.807, 2.05) is 0 Å². The number of unbranched alkanes of at least 4 members (excludes halogenated alkanes) is 5. The smallest absolute Gasteiger partial charge is 0.372 e. The average Bonchev–Trinajstić information content (AvgIpc) is 2.21. The second kappa shape index (κ2) is 8.88. The van der Waals surface area contributed by atoms with Gasteiger partial charge >= 0.3 is 11.9 Å². The van der Waals surface area contributed by atoms with E-state index in [0.29, 0.717) is 12.8 Å². The van der Waals surface area contributed by atoms with Crippen LogP contribution in [0.25, 0.3) is 0 Å². The first kappa shape index (κ1) is 14.6. The Morgan fingerprint density at radius 1 is 0.688 bits per heavy atom. The van der Waals surface area contributed by atoms with Crippen molar-refractivity contribution in [2.24, 2.45) is 0 Å². The fourth-order valence-electron chi connectivity index (χ4n) is 1.38. The third-order valence-electron chi connectivity index (χ3n) is 2.28. The molecule has 0 aliphatic heterocycles. The lowest BCUT2D eigenvalue weighted by Crippen LogP contribution is -2.11. The first-order valence-corrected chi connectivity index (χ1v) is 5.52. The number of carbonyl (C=O) groups excluding carboxylic acids is 1. The molecule has 0 amide bonds. The molecule has 0 aliphatic carbocycles. The molecule has 0 aliphatic rings. The number of carboxylic acids is 2. The summed E-state index contributed by atoms with van der Waals surface area (Å²) in [6.07, 6.45) is 5.15. The molecular weight excluding hydrogens is 212 g/mol. The van der Waals surface area contributed by atoms with Crippen LogP contribution in [0, 0.1) is 0 Å². The Labute approximate surface area is 94.5 Å². The molecule has 0 aromatic heterocycles. The molecule has 0 aromatic carbocycles. The fraction of sp³-hybridized carbons (Fsp3) is 0.727. The summed E-state index contributed by atoms with van der Waals surface area (Å²) in [7, 11) is 0. The van der Waals surface area contributed by atoms with Gasteiger partial charge in [-0.25, -0.2) is 4.79 Å². The quantitative estimate of drug-likeness (QED) is 0.441. The summed E-state index contributed by atoms with van der Waals surface area (Å²) < 4.78 is 0.